The number of ether oxygens (including phenoxy) is 1. The van der Waals surface area contributed by atoms with Crippen LogP contribution in [0.15, 0.2) is 18.2 Å². The molecule has 0 bridgehead atoms. The fraction of sp³-hybridized carbons (Fsp3) is 0.500. The van der Waals surface area contributed by atoms with E-state index in [4.69, 9.17) is 15.7 Å². The highest BCUT2D eigenvalue weighted by atomic mass is 16.5. The average Bonchev–Trinajstić information content (AvgIpc) is 2.39. The van der Waals surface area contributed by atoms with Crippen LogP contribution in [0.4, 0.5) is 5.69 Å². The predicted octanol–water partition coefficient (Wildman–Crippen LogP) is 2.21. The molecule has 0 spiro atoms. The molecule has 3 N–H and O–H groups in total. The predicted molar refractivity (Wildman–Crippen MR) is 73.6 cm³/mol. The van der Waals surface area contributed by atoms with Crippen LogP contribution in [0.2, 0.25) is 0 Å². The van der Waals surface area contributed by atoms with Gasteiger partial charge in [-0.2, -0.15) is 5.26 Å². The van der Waals surface area contributed by atoms with Crippen LogP contribution in [0.1, 0.15) is 19.4 Å². The Balaban J connectivity index is 2.76. The second kappa shape index (κ2) is 6.87. The van der Waals surface area contributed by atoms with Crippen molar-refractivity contribution in [2.45, 2.75) is 13.8 Å². The van der Waals surface area contributed by atoms with E-state index in [1.807, 2.05) is 6.07 Å². The first-order valence-electron chi connectivity index (χ1n) is 6.14. The molecule has 4 heteroatoms. The van der Waals surface area contributed by atoms with Gasteiger partial charge in [0.1, 0.15) is 5.75 Å². The van der Waals surface area contributed by atoms with Crippen molar-refractivity contribution < 1.29 is 4.74 Å². The molecule has 0 radical (unpaired) electrons. The minimum absolute atomic E-state index is 0.422. The van der Waals surface area contributed by atoms with Gasteiger partial charge in [-0.25, -0.2) is 0 Å². The molecule has 0 heterocycles. The van der Waals surface area contributed by atoms with Crippen molar-refractivity contribution in [1.29, 1.82) is 5.26 Å². The van der Waals surface area contributed by atoms with Crippen molar-refractivity contribution in [3.63, 3.8) is 0 Å². The van der Waals surface area contributed by atoms with Gasteiger partial charge < -0.3 is 15.8 Å². The van der Waals surface area contributed by atoms with Gasteiger partial charge in [0.2, 0.25) is 0 Å². The molecule has 0 aliphatic rings. The normalized spacial score (nSPS) is 12.0. The number of hydrogen-bond donors (Lipinski definition) is 2. The SMILES string of the molecule is COc1cc(C#N)ccc1NCC(CN)C(C)C. The number of methoxy groups -OCH3 is 1. The Hall–Kier alpha value is -1.73. The lowest BCUT2D eigenvalue weighted by Crippen LogP contribution is -2.27. The third-order valence-electron chi connectivity index (χ3n) is 3.13. The summed E-state index contributed by atoms with van der Waals surface area (Å²) in [4.78, 5) is 0. The minimum atomic E-state index is 0.422. The van der Waals surface area contributed by atoms with Crippen molar-refractivity contribution in [2.75, 3.05) is 25.5 Å². The molecule has 0 aromatic heterocycles. The lowest BCUT2D eigenvalue weighted by atomic mass is 9.96. The van der Waals surface area contributed by atoms with Crippen LogP contribution in [0.5, 0.6) is 5.75 Å². The van der Waals surface area contributed by atoms with Crippen LogP contribution in [0.25, 0.3) is 0 Å². The highest BCUT2D eigenvalue weighted by Gasteiger charge is 2.12. The summed E-state index contributed by atoms with van der Waals surface area (Å²) in [5.41, 5.74) is 7.23. The Morgan fingerprint density at radius 1 is 1.44 bits per heavy atom. The van der Waals surface area contributed by atoms with Crippen molar-refractivity contribution >= 4 is 5.69 Å². The summed E-state index contributed by atoms with van der Waals surface area (Å²) in [6, 6.07) is 7.47. The van der Waals surface area contributed by atoms with E-state index in [1.165, 1.54) is 0 Å². The zero-order chi connectivity index (χ0) is 13.5. The molecule has 0 aliphatic carbocycles. The summed E-state index contributed by atoms with van der Waals surface area (Å²) in [6.45, 7) is 5.78. The van der Waals surface area contributed by atoms with Crippen LogP contribution in [-0.2, 0) is 0 Å². The maximum Gasteiger partial charge on any atom is 0.143 e. The Bertz CT molecular complexity index is 424. The summed E-state index contributed by atoms with van der Waals surface area (Å²) in [5.74, 6) is 1.64. The molecule has 1 unspecified atom stereocenters. The van der Waals surface area contributed by atoms with Crippen molar-refractivity contribution in [3.8, 4) is 11.8 Å². The first kappa shape index (κ1) is 14.3. The van der Waals surface area contributed by atoms with Crippen LogP contribution >= 0.6 is 0 Å². The van der Waals surface area contributed by atoms with E-state index in [0.29, 0.717) is 29.7 Å². The molecule has 0 fully saturated rings. The summed E-state index contributed by atoms with van der Waals surface area (Å²) < 4.78 is 5.27. The Kier molecular flexibility index (Phi) is 5.47. The van der Waals surface area contributed by atoms with Gasteiger partial charge >= 0.3 is 0 Å². The van der Waals surface area contributed by atoms with Crippen LogP contribution in [0, 0.1) is 23.2 Å². The molecular formula is C14H21N3O. The van der Waals surface area contributed by atoms with E-state index in [-0.39, 0.29) is 0 Å². The van der Waals surface area contributed by atoms with Crippen molar-refractivity contribution in [3.05, 3.63) is 23.8 Å². The largest absolute Gasteiger partial charge is 0.495 e. The highest BCUT2D eigenvalue weighted by molar-refractivity contribution is 5.59. The van der Waals surface area contributed by atoms with Gasteiger partial charge in [-0.05, 0) is 30.5 Å². The molecule has 1 atom stereocenters. The first-order chi connectivity index (χ1) is 8.62. The third kappa shape index (κ3) is 3.64. The van der Waals surface area contributed by atoms with Gasteiger partial charge in [0.25, 0.3) is 0 Å². The van der Waals surface area contributed by atoms with E-state index < -0.39 is 0 Å². The number of anilines is 1. The van der Waals surface area contributed by atoms with E-state index in [9.17, 15) is 0 Å². The van der Waals surface area contributed by atoms with Crippen molar-refractivity contribution in [1.82, 2.24) is 0 Å². The van der Waals surface area contributed by atoms with Crippen LogP contribution < -0.4 is 15.8 Å². The lowest BCUT2D eigenvalue weighted by molar-refractivity contribution is 0.405. The maximum atomic E-state index is 8.83. The van der Waals surface area contributed by atoms with E-state index in [2.05, 4.69) is 25.2 Å². The van der Waals surface area contributed by atoms with Gasteiger partial charge in [0.05, 0.1) is 24.4 Å². The van der Waals surface area contributed by atoms with Crippen molar-refractivity contribution in [2.24, 2.45) is 17.6 Å². The fourth-order valence-corrected chi connectivity index (χ4v) is 1.74. The van der Waals surface area contributed by atoms with Gasteiger partial charge in [-0.15, -0.1) is 0 Å². The summed E-state index contributed by atoms with van der Waals surface area (Å²) in [7, 11) is 1.60. The number of nitriles is 1. The van der Waals surface area contributed by atoms with Crippen LogP contribution in [-0.4, -0.2) is 20.2 Å². The van der Waals surface area contributed by atoms with Gasteiger partial charge in [-0.1, -0.05) is 13.8 Å². The van der Waals surface area contributed by atoms with Gasteiger partial charge in [-0.3, -0.25) is 0 Å². The van der Waals surface area contributed by atoms with E-state index in [1.54, 1.807) is 19.2 Å². The smallest absolute Gasteiger partial charge is 0.143 e. The maximum absolute atomic E-state index is 8.83. The standard InChI is InChI=1S/C14H21N3O/c1-10(2)12(8-16)9-17-13-5-4-11(7-15)6-14(13)18-3/h4-6,10,12,17H,8-9,16H2,1-3H3. The third-order valence-corrected chi connectivity index (χ3v) is 3.13. The van der Waals surface area contributed by atoms with E-state index >= 15 is 0 Å². The Morgan fingerprint density at radius 2 is 2.17 bits per heavy atom. The minimum Gasteiger partial charge on any atom is -0.495 e. The summed E-state index contributed by atoms with van der Waals surface area (Å²) in [6.07, 6.45) is 0. The lowest BCUT2D eigenvalue weighted by Gasteiger charge is -2.20. The number of hydrogen-bond acceptors (Lipinski definition) is 4. The summed E-state index contributed by atoms with van der Waals surface area (Å²) in [5, 5.41) is 12.2. The number of rotatable bonds is 6. The molecule has 0 amide bonds. The fourth-order valence-electron chi connectivity index (χ4n) is 1.74. The highest BCUT2D eigenvalue weighted by Crippen LogP contribution is 2.25. The zero-order valence-electron chi connectivity index (χ0n) is 11.2. The number of nitrogens with zero attached hydrogens (tertiary/aromatic N) is 1. The Labute approximate surface area is 109 Å². The molecule has 0 saturated heterocycles. The first-order valence-corrected chi connectivity index (χ1v) is 6.14. The second-order valence-electron chi connectivity index (χ2n) is 4.65. The number of nitrogens with one attached hydrogen (secondary N) is 1. The summed E-state index contributed by atoms with van der Waals surface area (Å²) >= 11 is 0. The van der Waals surface area contributed by atoms with Gasteiger partial charge in [0, 0.05) is 12.6 Å². The molecular weight excluding hydrogens is 226 g/mol. The Morgan fingerprint density at radius 3 is 2.67 bits per heavy atom. The van der Waals surface area contributed by atoms with Gasteiger partial charge in [0.15, 0.2) is 0 Å². The number of nitrogens with two attached hydrogens (primary N) is 1. The zero-order valence-corrected chi connectivity index (χ0v) is 11.2. The number of benzene rings is 1. The average molecular weight is 247 g/mol. The molecule has 4 nitrogen and oxygen atoms in total. The monoisotopic (exact) mass is 247 g/mol. The molecule has 0 saturated carbocycles. The topological polar surface area (TPSA) is 71.1 Å². The second-order valence-corrected chi connectivity index (χ2v) is 4.65. The molecule has 0 aliphatic heterocycles. The van der Waals surface area contributed by atoms with E-state index in [0.717, 1.165) is 12.2 Å². The van der Waals surface area contributed by atoms with Crippen LogP contribution in [0.3, 0.4) is 0 Å². The molecule has 1 aromatic rings. The molecule has 98 valence electrons. The quantitative estimate of drug-likeness (QED) is 0.808. The molecule has 1 aromatic carbocycles. The molecule has 18 heavy (non-hydrogen) atoms. The molecule has 1 rings (SSSR count).